The lowest BCUT2D eigenvalue weighted by Crippen LogP contribution is -2.48. The third kappa shape index (κ3) is 3.43. The molecule has 122 valence electrons. The molecule has 1 saturated heterocycles. The Morgan fingerprint density at radius 2 is 1.78 bits per heavy atom. The van der Waals surface area contributed by atoms with Gasteiger partial charge in [0.15, 0.2) is 0 Å². The zero-order chi connectivity index (χ0) is 16.6. The van der Waals surface area contributed by atoms with E-state index in [-0.39, 0.29) is 10.8 Å². The Labute approximate surface area is 141 Å². The zero-order valence-corrected chi connectivity index (χ0v) is 14.4. The number of halogens is 1. The Balaban J connectivity index is 1.87. The molecular formula is C16H21ClN6. The molecule has 7 heteroatoms. The fourth-order valence-corrected chi connectivity index (χ4v) is 2.98. The number of hydrogen-bond donors (Lipinski definition) is 1. The molecule has 0 unspecified atom stereocenters. The highest BCUT2D eigenvalue weighted by atomic mass is 35.5. The summed E-state index contributed by atoms with van der Waals surface area (Å²) in [4.78, 5) is 19.8. The molecule has 23 heavy (non-hydrogen) atoms. The Kier molecular flexibility index (Phi) is 4.21. The first-order valence-electron chi connectivity index (χ1n) is 7.73. The van der Waals surface area contributed by atoms with Crippen molar-refractivity contribution in [3.8, 4) is 11.3 Å². The molecule has 0 aliphatic carbocycles. The Bertz CT molecular complexity index is 721. The standard InChI is InChI=1S/C16H21ClN6/c1-10-12(8-20-15(17)22-10)14-11(2)21-13(9-19-14)23-6-4-16(3,18)5-7-23/h8-9H,4-7,18H2,1-3H3. The van der Waals surface area contributed by atoms with Crippen LogP contribution in [0.1, 0.15) is 31.2 Å². The van der Waals surface area contributed by atoms with Crippen LogP contribution in [0, 0.1) is 13.8 Å². The van der Waals surface area contributed by atoms with Gasteiger partial charge in [0.05, 0.1) is 23.3 Å². The molecule has 0 saturated carbocycles. The fourth-order valence-electron chi connectivity index (χ4n) is 2.80. The summed E-state index contributed by atoms with van der Waals surface area (Å²) in [6.45, 7) is 7.77. The molecule has 1 fully saturated rings. The summed E-state index contributed by atoms with van der Waals surface area (Å²) in [6.07, 6.45) is 5.43. The van der Waals surface area contributed by atoms with Crippen LogP contribution in [0.2, 0.25) is 5.28 Å². The van der Waals surface area contributed by atoms with Crippen molar-refractivity contribution in [3.63, 3.8) is 0 Å². The number of piperidine rings is 1. The van der Waals surface area contributed by atoms with Crippen molar-refractivity contribution in [3.05, 3.63) is 29.1 Å². The minimum atomic E-state index is -0.0727. The van der Waals surface area contributed by atoms with Crippen LogP contribution in [0.3, 0.4) is 0 Å². The van der Waals surface area contributed by atoms with Gasteiger partial charge >= 0.3 is 0 Å². The molecule has 0 spiro atoms. The number of nitrogens with two attached hydrogens (primary N) is 1. The molecule has 2 N–H and O–H groups in total. The van der Waals surface area contributed by atoms with Gasteiger partial charge in [-0.25, -0.2) is 15.0 Å². The number of rotatable bonds is 2. The zero-order valence-electron chi connectivity index (χ0n) is 13.7. The summed E-state index contributed by atoms with van der Waals surface area (Å²) in [5.74, 6) is 0.897. The Hall–Kier alpha value is -1.79. The van der Waals surface area contributed by atoms with Crippen molar-refractivity contribution < 1.29 is 0 Å². The van der Waals surface area contributed by atoms with E-state index in [0.717, 1.165) is 54.4 Å². The molecule has 3 heterocycles. The molecule has 2 aromatic rings. The van der Waals surface area contributed by atoms with Gasteiger partial charge in [0, 0.05) is 30.4 Å². The predicted molar refractivity (Wildman–Crippen MR) is 91.6 cm³/mol. The smallest absolute Gasteiger partial charge is 0.222 e. The molecular weight excluding hydrogens is 312 g/mol. The van der Waals surface area contributed by atoms with Gasteiger partial charge in [0.1, 0.15) is 5.82 Å². The first kappa shape index (κ1) is 16.1. The first-order chi connectivity index (χ1) is 10.9. The summed E-state index contributed by atoms with van der Waals surface area (Å²) in [5.41, 5.74) is 9.43. The van der Waals surface area contributed by atoms with E-state index in [4.69, 9.17) is 22.3 Å². The van der Waals surface area contributed by atoms with Crippen LogP contribution in [0.25, 0.3) is 11.3 Å². The lowest BCUT2D eigenvalue weighted by atomic mass is 9.91. The van der Waals surface area contributed by atoms with E-state index < -0.39 is 0 Å². The van der Waals surface area contributed by atoms with Crippen molar-refractivity contribution in [1.82, 2.24) is 19.9 Å². The third-order valence-corrected chi connectivity index (χ3v) is 4.55. The predicted octanol–water partition coefficient (Wildman–Crippen LogP) is 2.52. The van der Waals surface area contributed by atoms with Gasteiger partial charge in [-0.3, -0.25) is 4.98 Å². The van der Waals surface area contributed by atoms with Crippen LogP contribution in [0.4, 0.5) is 5.82 Å². The van der Waals surface area contributed by atoms with Crippen molar-refractivity contribution >= 4 is 17.4 Å². The Morgan fingerprint density at radius 3 is 2.39 bits per heavy atom. The van der Waals surface area contributed by atoms with Crippen molar-refractivity contribution in [2.45, 2.75) is 39.2 Å². The van der Waals surface area contributed by atoms with Crippen molar-refractivity contribution in [1.29, 1.82) is 0 Å². The maximum atomic E-state index is 6.19. The van der Waals surface area contributed by atoms with Gasteiger partial charge in [-0.05, 0) is 45.2 Å². The van der Waals surface area contributed by atoms with Gasteiger partial charge in [0.2, 0.25) is 5.28 Å². The molecule has 2 aromatic heterocycles. The maximum absolute atomic E-state index is 6.19. The Morgan fingerprint density at radius 1 is 1.09 bits per heavy atom. The van der Waals surface area contributed by atoms with Crippen molar-refractivity contribution in [2.75, 3.05) is 18.0 Å². The van der Waals surface area contributed by atoms with E-state index in [1.807, 2.05) is 20.0 Å². The summed E-state index contributed by atoms with van der Waals surface area (Å²) in [6, 6.07) is 0. The number of hydrogen-bond acceptors (Lipinski definition) is 6. The van der Waals surface area contributed by atoms with E-state index in [2.05, 4.69) is 26.8 Å². The molecule has 0 bridgehead atoms. The summed E-state index contributed by atoms with van der Waals surface area (Å²) in [7, 11) is 0. The quantitative estimate of drug-likeness (QED) is 0.851. The average molecular weight is 333 g/mol. The summed E-state index contributed by atoms with van der Waals surface area (Å²) < 4.78 is 0. The number of nitrogens with zero attached hydrogens (tertiary/aromatic N) is 5. The third-order valence-electron chi connectivity index (χ3n) is 4.37. The molecule has 1 aliphatic heterocycles. The molecule has 3 rings (SSSR count). The second kappa shape index (κ2) is 6.02. The highest BCUT2D eigenvalue weighted by Gasteiger charge is 2.26. The van der Waals surface area contributed by atoms with E-state index in [1.54, 1.807) is 6.20 Å². The van der Waals surface area contributed by atoms with Crippen LogP contribution >= 0.6 is 11.6 Å². The number of anilines is 1. The topological polar surface area (TPSA) is 80.8 Å². The molecule has 0 atom stereocenters. The normalized spacial score (nSPS) is 17.3. The van der Waals surface area contributed by atoms with E-state index >= 15 is 0 Å². The number of aryl methyl sites for hydroxylation is 2. The fraction of sp³-hybridized carbons (Fsp3) is 0.500. The van der Waals surface area contributed by atoms with Gasteiger partial charge < -0.3 is 10.6 Å². The highest BCUT2D eigenvalue weighted by Crippen LogP contribution is 2.27. The van der Waals surface area contributed by atoms with Gasteiger partial charge in [-0.2, -0.15) is 0 Å². The maximum Gasteiger partial charge on any atom is 0.222 e. The lowest BCUT2D eigenvalue weighted by Gasteiger charge is -2.37. The van der Waals surface area contributed by atoms with Crippen molar-refractivity contribution in [2.24, 2.45) is 5.73 Å². The van der Waals surface area contributed by atoms with Gasteiger partial charge in [-0.1, -0.05) is 0 Å². The summed E-state index contributed by atoms with van der Waals surface area (Å²) in [5, 5.41) is 0.242. The molecule has 6 nitrogen and oxygen atoms in total. The SMILES string of the molecule is Cc1nc(Cl)ncc1-c1ncc(N2CCC(C)(N)CC2)nc1C. The molecule has 0 radical (unpaired) electrons. The van der Waals surface area contributed by atoms with Crippen LogP contribution in [-0.4, -0.2) is 38.6 Å². The number of aromatic nitrogens is 4. The monoisotopic (exact) mass is 332 g/mol. The van der Waals surface area contributed by atoms with Crippen LogP contribution in [0.5, 0.6) is 0 Å². The lowest BCUT2D eigenvalue weighted by molar-refractivity contribution is 0.363. The molecule has 1 aliphatic rings. The van der Waals surface area contributed by atoms with Crippen LogP contribution in [-0.2, 0) is 0 Å². The van der Waals surface area contributed by atoms with E-state index in [1.165, 1.54) is 0 Å². The second-order valence-electron chi connectivity index (χ2n) is 6.44. The van der Waals surface area contributed by atoms with Crippen LogP contribution in [0.15, 0.2) is 12.4 Å². The molecule has 0 amide bonds. The van der Waals surface area contributed by atoms with Gasteiger partial charge in [0.25, 0.3) is 0 Å². The first-order valence-corrected chi connectivity index (χ1v) is 8.10. The summed E-state index contributed by atoms with van der Waals surface area (Å²) >= 11 is 5.82. The molecule has 0 aromatic carbocycles. The largest absolute Gasteiger partial charge is 0.355 e. The minimum absolute atomic E-state index is 0.0727. The average Bonchev–Trinajstić information content (AvgIpc) is 2.48. The van der Waals surface area contributed by atoms with Crippen LogP contribution < -0.4 is 10.6 Å². The minimum Gasteiger partial charge on any atom is -0.355 e. The highest BCUT2D eigenvalue weighted by molar-refractivity contribution is 6.28. The van der Waals surface area contributed by atoms with E-state index in [0.29, 0.717) is 0 Å². The second-order valence-corrected chi connectivity index (χ2v) is 6.78. The van der Waals surface area contributed by atoms with Gasteiger partial charge in [-0.15, -0.1) is 0 Å². The van der Waals surface area contributed by atoms with E-state index in [9.17, 15) is 0 Å².